The second kappa shape index (κ2) is 14.4. The van der Waals surface area contributed by atoms with Crippen LogP contribution < -0.4 is 10.5 Å². The number of nitrogens with zero attached hydrogens (tertiary/aromatic N) is 3. The Labute approximate surface area is 197 Å². The van der Waals surface area contributed by atoms with Crippen molar-refractivity contribution in [2.75, 3.05) is 13.2 Å². The van der Waals surface area contributed by atoms with Gasteiger partial charge in [0.15, 0.2) is 17.3 Å². The van der Waals surface area contributed by atoms with Crippen LogP contribution in [-0.2, 0) is 4.84 Å². The van der Waals surface area contributed by atoms with Crippen LogP contribution in [0.1, 0.15) is 84.1 Å². The molecule has 1 aromatic carbocycles. The largest absolute Gasteiger partial charge is 0.491 e. The molecule has 184 valence electrons. The van der Waals surface area contributed by atoms with Gasteiger partial charge in [-0.2, -0.15) is 0 Å². The van der Waals surface area contributed by atoms with Crippen LogP contribution in [0.3, 0.4) is 0 Å². The van der Waals surface area contributed by atoms with E-state index in [1.165, 1.54) is 31.7 Å². The molecule has 1 atom stereocenters. The van der Waals surface area contributed by atoms with Crippen molar-refractivity contribution in [3.63, 3.8) is 0 Å². The first-order valence-corrected chi connectivity index (χ1v) is 12.1. The van der Waals surface area contributed by atoms with Gasteiger partial charge in [-0.1, -0.05) is 56.3 Å². The monoisotopic (exact) mass is 462 g/mol. The Kier molecular flexibility index (Phi) is 11.6. The first-order chi connectivity index (χ1) is 16.0. The minimum absolute atomic E-state index is 0.0578. The Morgan fingerprint density at radius 3 is 2.70 bits per heavy atom. The molecule has 7 nitrogen and oxygen atoms in total. The maximum absolute atomic E-state index is 14.5. The maximum Gasteiger partial charge on any atom is 0.233 e. The molecule has 0 radical (unpaired) electrons. The summed E-state index contributed by atoms with van der Waals surface area (Å²) in [6, 6.07) is 4.69. The van der Waals surface area contributed by atoms with Crippen LogP contribution in [0.5, 0.6) is 5.75 Å². The number of nitrogens with two attached hydrogens (primary N) is 1. The summed E-state index contributed by atoms with van der Waals surface area (Å²) >= 11 is 0. The van der Waals surface area contributed by atoms with E-state index in [9.17, 15) is 4.39 Å². The lowest BCUT2D eigenvalue weighted by Crippen LogP contribution is -2.41. The molecule has 0 saturated carbocycles. The van der Waals surface area contributed by atoms with Gasteiger partial charge in [0.2, 0.25) is 5.96 Å². The van der Waals surface area contributed by atoms with E-state index in [0.29, 0.717) is 30.2 Å². The van der Waals surface area contributed by atoms with Crippen LogP contribution in [0.25, 0.3) is 0 Å². The Hall–Kier alpha value is -2.77. The molecule has 0 unspecified atom stereocenters. The van der Waals surface area contributed by atoms with E-state index in [4.69, 9.17) is 20.5 Å². The van der Waals surface area contributed by atoms with Crippen molar-refractivity contribution in [3.8, 4) is 5.75 Å². The number of allylic oxidation sites excluding steroid dienone is 1. The molecule has 0 spiro atoms. The summed E-state index contributed by atoms with van der Waals surface area (Å²) in [5.41, 5.74) is 6.97. The average Bonchev–Trinajstić information content (AvgIpc) is 3.31. The maximum atomic E-state index is 14.5. The third-order valence-electron chi connectivity index (χ3n) is 5.78. The molecule has 2 rings (SSSR count). The van der Waals surface area contributed by atoms with Gasteiger partial charge in [0.05, 0.1) is 18.4 Å². The predicted molar refractivity (Wildman–Crippen MR) is 130 cm³/mol. The molecule has 0 amide bonds. The van der Waals surface area contributed by atoms with Gasteiger partial charge < -0.3 is 25.4 Å². The highest BCUT2D eigenvalue weighted by molar-refractivity contribution is 5.98. The number of hydrogen-bond acceptors (Lipinski definition) is 5. The Morgan fingerprint density at radius 1 is 1.24 bits per heavy atom. The summed E-state index contributed by atoms with van der Waals surface area (Å²) in [6.45, 7) is 7.16. The van der Waals surface area contributed by atoms with Crippen molar-refractivity contribution in [1.82, 2.24) is 4.90 Å². The van der Waals surface area contributed by atoms with Crippen LogP contribution in [0, 0.1) is 5.82 Å². The van der Waals surface area contributed by atoms with E-state index in [0.717, 1.165) is 32.1 Å². The van der Waals surface area contributed by atoms with E-state index < -0.39 is 5.82 Å². The summed E-state index contributed by atoms with van der Waals surface area (Å²) < 4.78 is 20.2. The quantitative estimate of drug-likeness (QED) is 0.0970. The van der Waals surface area contributed by atoms with Gasteiger partial charge in [-0.3, -0.25) is 0 Å². The van der Waals surface area contributed by atoms with Crippen molar-refractivity contribution in [2.45, 2.75) is 84.6 Å². The van der Waals surface area contributed by atoms with Crippen molar-refractivity contribution >= 4 is 11.7 Å². The minimum atomic E-state index is -0.411. The summed E-state index contributed by atoms with van der Waals surface area (Å²) in [5, 5.41) is 16.4. The number of rotatable bonds is 13. The number of guanidine groups is 1. The number of halogens is 1. The molecule has 1 saturated heterocycles. The number of ether oxygens (including phenoxy) is 1. The molecule has 1 fully saturated rings. The lowest BCUT2D eigenvalue weighted by Gasteiger charge is -2.25. The molecule has 0 aromatic heterocycles. The summed E-state index contributed by atoms with van der Waals surface area (Å²) in [6.07, 6.45) is 11.4. The summed E-state index contributed by atoms with van der Waals surface area (Å²) in [5.74, 6) is 0.543. The molecule has 1 aliphatic heterocycles. The van der Waals surface area contributed by atoms with E-state index in [-0.39, 0.29) is 17.8 Å². The lowest BCUT2D eigenvalue weighted by molar-refractivity contribution is 0.176. The second-order valence-corrected chi connectivity index (χ2v) is 8.35. The van der Waals surface area contributed by atoms with Gasteiger partial charge in [-0.15, -0.1) is 0 Å². The van der Waals surface area contributed by atoms with Gasteiger partial charge in [-0.05, 0) is 56.9 Å². The van der Waals surface area contributed by atoms with Crippen LogP contribution in [0.2, 0.25) is 0 Å². The zero-order chi connectivity index (χ0) is 24.1. The average molecular weight is 463 g/mol. The van der Waals surface area contributed by atoms with Crippen LogP contribution in [-0.4, -0.2) is 41.0 Å². The zero-order valence-corrected chi connectivity index (χ0v) is 20.2. The third kappa shape index (κ3) is 8.26. The van der Waals surface area contributed by atoms with Crippen molar-refractivity contribution in [3.05, 3.63) is 41.4 Å². The highest BCUT2D eigenvalue weighted by atomic mass is 19.1. The first-order valence-electron chi connectivity index (χ1n) is 12.1. The molecule has 1 aromatic rings. The number of unbranched alkanes of at least 4 members (excludes halogenated alkanes) is 5. The van der Waals surface area contributed by atoms with Crippen LogP contribution >= 0.6 is 0 Å². The zero-order valence-electron chi connectivity index (χ0n) is 20.2. The predicted octanol–water partition coefficient (Wildman–Crippen LogP) is 5.77. The van der Waals surface area contributed by atoms with Gasteiger partial charge in [0.25, 0.3) is 0 Å². The number of oxime groups is 2. The standard InChI is InChI=1S/C25H39FN4O3/c1-4-6-7-8-9-10-17-32-23-15-14-20(18-21(23)26)19(3)29-33-24(12-5-2)22-13-11-16-30(22)25(27)28-31/h12,14-15,18,22,31H,4-11,13,16-17H2,1-3H3,(H2,27,28)/b24-12+,29-19+/t22-/m0/s1. The summed E-state index contributed by atoms with van der Waals surface area (Å²) in [4.78, 5) is 7.55. The molecule has 33 heavy (non-hydrogen) atoms. The van der Waals surface area contributed by atoms with E-state index in [1.807, 2.05) is 13.0 Å². The fourth-order valence-corrected chi connectivity index (χ4v) is 3.91. The van der Waals surface area contributed by atoms with Crippen molar-refractivity contribution in [2.24, 2.45) is 16.0 Å². The van der Waals surface area contributed by atoms with Crippen LogP contribution in [0.4, 0.5) is 4.39 Å². The molecule has 1 aliphatic rings. The molecule has 0 aliphatic carbocycles. The van der Waals surface area contributed by atoms with E-state index >= 15 is 0 Å². The van der Waals surface area contributed by atoms with Gasteiger partial charge in [0.1, 0.15) is 0 Å². The van der Waals surface area contributed by atoms with Crippen molar-refractivity contribution < 1.29 is 19.2 Å². The highest BCUT2D eigenvalue weighted by Crippen LogP contribution is 2.25. The Morgan fingerprint density at radius 2 is 2.00 bits per heavy atom. The topological polar surface area (TPSA) is 92.7 Å². The Balaban J connectivity index is 1.96. The second-order valence-electron chi connectivity index (χ2n) is 8.35. The number of hydrogen-bond donors (Lipinski definition) is 2. The van der Waals surface area contributed by atoms with E-state index in [1.54, 1.807) is 24.0 Å². The minimum Gasteiger partial charge on any atom is -0.491 e. The lowest BCUT2D eigenvalue weighted by atomic mass is 10.1. The number of likely N-dealkylation sites (tertiary alicyclic amines) is 1. The van der Waals surface area contributed by atoms with Crippen molar-refractivity contribution in [1.29, 1.82) is 0 Å². The van der Waals surface area contributed by atoms with Gasteiger partial charge in [-0.25, -0.2) is 4.39 Å². The molecular formula is C25H39FN4O3. The molecule has 3 N–H and O–H groups in total. The fourth-order valence-electron chi connectivity index (χ4n) is 3.91. The molecule has 0 bridgehead atoms. The normalized spacial score (nSPS) is 17.5. The molecular weight excluding hydrogens is 423 g/mol. The summed E-state index contributed by atoms with van der Waals surface area (Å²) in [7, 11) is 0. The third-order valence-corrected chi connectivity index (χ3v) is 5.78. The highest BCUT2D eigenvalue weighted by Gasteiger charge is 2.31. The molecule has 8 heteroatoms. The van der Waals surface area contributed by atoms with Gasteiger partial charge in [0, 0.05) is 12.1 Å². The fraction of sp³-hybridized carbons (Fsp3) is 0.600. The van der Waals surface area contributed by atoms with Gasteiger partial charge >= 0.3 is 0 Å². The SMILES string of the molecule is CC/C=C(/O/N=C(\C)c1ccc(OCCCCCCCC)c(F)c1)[C@@H]1CCCN1/C(N)=N/O. The first kappa shape index (κ1) is 26.5. The smallest absolute Gasteiger partial charge is 0.233 e. The Bertz CT molecular complexity index is 826. The van der Waals surface area contributed by atoms with Crippen LogP contribution in [0.15, 0.2) is 40.3 Å². The molecule has 1 heterocycles. The number of benzene rings is 1. The van der Waals surface area contributed by atoms with E-state index in [2.05, 4.69) is 17.2 Å².